The number of rotatable bonds is 6. The number of carbonyl (C=O) groups excluding carboxylic acids is 1. The minimum Gasteiger partial charge on any atom is -0.496 e. The van der Waals surface area contributed by atoms with Crippen LogP contribution in [0.5, 0.6) is 5.75 Å². The molecule has 18 heavy (non-hydrogen) atoms. The highest BCUT2D eigenvalue weighted by Crippen LogP contribution is 2.19. The highest BCUT2D eigenvalue weighted by atomic mass is 16.5. The standard InChI is InChI=1S/C14H21NO3/c1-11(2)14(17)15(8-9-16)10-12-6-4-5-7-13(12)18-3/h4-7,11,16H,8-10H2,1-3H3. The Morgan fingerprint density at radius 2 is 2.06 bits per heavy atom. The summed E-state index contributed by atoms with van der Waals surface area (Å²) in [4.78, 5) is 13.7. The number of para-hydroxylation sites is 1. The van der Waals surface area contributed by atoms with Crippen molar-refractivity contribution in [3.05, 3.63) is 29.8 Å². The first-order chi connectivity index (χ1) is 8.60. The van der Waals surface area contributed by atoms with Gasteiger partial charge in [-0.25, -0.2) is 0 Å². The Balaban J connectivity index is 2.86. The van der Waals surface area contributed by atoms with Crippen LogP contribution in [-0.2, 0) is 11.3 Å². The number of benzene rings is 1. The largest absolute Gasteiger partial charge is 0.496 e. The van der Waals surface area contributed by atoms with Gasteiger partial charge in [-0.1, -0.05) is 32.0 Å². The molecule has 4 nitrogen and oxygen atoms in total. The normalized spacial score (nSPS) is 10.5. The molecule has 0 spiro atoms. The zero-order valence-electron chi connectivity index (χ0n) is 11.2. The van der Waals surface area contributed by atoms with Gasteiger partial charge in [0.2, 0.25) is 5.91 Å². The van der Waals surface area contributed by atoms with Crippen LogP contribution in [0.2, 0.25) is 0 Å². The zero-order valence-corrected chi connectivity index (χ0v) is 11.2. The first-order valence-corrected chi connectivity index (χ1v) is 6.11. The Hall–Kier alpha value is -1.55. The zero-order chi connectivity index (χ0) is 13.5. The van der Waals surface area contributed by atoms with Gasteiger partial charge in [0.15, 0.2) is 0 Å². The van der Waals surface area contributed by atoms with E-state index in [1.807, 2.05) is 38.1 Å². The monoisotopic (exact) mass is 251 g/mol. The van der Waals surface area contributed by atoms with Gasteiger partial charge in [-0.3, -0.25) is 4.79 Å². The number of carbonyl (C=O) groups is 1. The van der Waals surface area contributed by atoms with Crippen LogP contribution >= 0.6 is 0 Å². The van der Waals surface area contributed by atoms with E-state index in [1.54, 1.807) is 12.0 Å². The van der Waals surface area contributed by atoms with Crippen LogP contribution in [0.4, 0.5) is 0 Å². The van der Waals surface area contributed by atoms with E-state index < -0.39 is 0 Å². The molecule has 0 aliphatic rings. The molecule has 0 unspecified atom stereocenters. The van der Waals surface area contributed by atoms with Crippen LogP contribution in [-0.4, -0.2) is 36.2 Å². The predicted molar refractivity (Wildman–Crippen MR) is 70.3 cm³/mol. The van der Waals surface area contributed by atoms with Crippen molar-refractivity contribution < 1.29 is 14.6 Å². The van der Waals surface area contributed by atoms with Gasteiger partial charge in [-0.15, -0.1) is 0 Å². The second-order valence-electron chi connectivity index (χ2n) is 4.45. The molecule has 1 aromatic carbocycles. The first kappa shape index (κ1) is 14.5. The van der Waals surface area contributed by atoms with Gasteiger partial charge >= 0.3 is 0 Å². The van der Waals surface area contributed by atoms with E-state index in [0.717, 1.165) is 11.3 Å². The van der Waals surface area contributed by atoms with Crippen molar-refractivity contribution in [1.29, 1.82) is 0 Å². The minimum absolute atomic E-state index is 0.0341. The minimum atomic E-state index is -0.0775. The Morgan fingerprint density at radius 1 is 1.39 bits per heavy atom. The Bertz CT molecular complexity index is 390. The molecule has 1 aromatic rings. The van der Waals surface area contributed by atoms with Gasteiger partial charge in [0.25, 0.3) is 0 Å². The van der Waals surface area contributed by atoms with E-state index in [0.29, 0.717) is 13.1 Å². The Labute approximate surface area is 108 Å². The summed E-state index contributed by atoms with van der Waals surface area (Å²) in [5.74, 6) is 0.721. The lowest BCUT2D eigenvalue weighted by Crippen LogP contribution is -2.36. The van der Waals surface area contributed by atoms with Crippen molar-refractivity contribution in [2.75, 3.05) is 20.3 Å². The molecule has 0 aliphatic heterocycles. The molecule has 4 heteroatoms. The lowest BCUT2D eigenvalue weighted by Gasteiger charge is -2.24. The molecule has 1 rings (SSSR count). The smallest absolute Gasteiger partial charge is 0.225 e. The molecule has 0 fully saturated rings. The highest BCUT2D eigenvalue weighted by Gasteiger charge is 2.18. The fourth-order valence-corrected chi connectivity index (χ4v) is 1.79. The fraction of sp³-hybridized carbons (Fsp3) is 0.500. The maximum Gasteiger partial charge on any atom is 0.225 e. The highest BCUT2D eigenvalue weighted by molar-refractivity contribution is 5.78. The molecule has 0 radical (unpaired) electrons. The molecule has 1 N–H and O–H groups in total. The number of nitrogens with zero attached hydrogens (tertiary/aromatic N) is 1. The Morgan fingerprint density at radius 3 is 2.61 bits per heavy atom. The molecular weight excluding hydrogens is 230 g/mol. The average Bonchev–Trinajstić information content (AvgIpc) is 2.37. The third-order valence-corrected chi connectivity index (χ3v) is 2.73. The SMILES string of the molecule is COc1ccccc1CN(CCO)C(=O)C(C)C. The number of hydrogen-bond acceptors (Lipinski definition) is 3. The van der Waals surface area contributed by atoms with Crippen molar-refractivity contribution in [1.82, 2.24) is 4.90 Å². The summed E-state index contributed by atoms with van der Waals surface area (Å²) < 4.78 is 5.26. The van der Waals surface area contributed by atoms with Gasteiger partial charge in [0.05, 0.1) is 13.7 Å². The van der Waals surface area contributed by atoms with Crippen molar-refractivity contribution in [3.8, 4) is 5.75 Å². The van der Waals surface area contributed by atoms with Gasteiger partial charge in [0, 0.05) is 24.6 Å². The number of amides is 1. The summed E-state index contributed by atoms with van der Waals surface area (Å²) in [5.41, 5.74) is 0.947. The van der Waals surface area contributed by atoms with Crippen molar-refractivity contribution in [2.45, 2.75) is 20.4 Å². The molecule has 0 aromatic heterocycles. The van der Waals surface area contributed by atoms with Crippen molar-refractivity contribution in [3.63, 3.8) is 0 Å². The fourth-order valence-electron chi connectivity index (χ4n) is 1.79. The van der Waals surface area contributed by atoms with Gasteiger partial charge < -0.3 is 14.7 Å². The second kappa shape index (κ2) is 7.01. The molecule has 0 bridgehead atoms. The summed E-state index contributed by atoms with van der Waals surface area (Å²) >= 11 is 0. The van der Waals surface area contributed by atoms with Gasteiger partial charge in [0.1, 0.15) is 5.75 Å². The quantitative estimate of drug-likeness (QED) is 0.836. The maximum atomic E-state index is 12.0. The summed E-state index contributed by atoms with van der Waals surface area (Å²) in [6, 6.07) is 7.60. The number of aliphatic hydroxyl groups excluding tert-OH is 1. The van der Waals surface area contributed by atoms with E-state index in [4.69, 9.17) is 9.84 Å². The predicted octanol–water partition coefficient (Wildman–Crippen LogP) is 1.67. The van der Waals surface area contributed by atoms with Crippen LogP contribution in [0.1, 0.15) is 19.4 Å². The van der Waals surface area contributed by atoms with Crippen molar-refractivity contribution in [2.24, 2.45) is 5.92 Å². The third kappa shape index (κ3) is 3.74. The van der Waals surface area contributed by atoms with Crippen molar-refractivity contribution >= 4 is 5.91 Å². The molecule has 0 heterocycles. The first-order valence-electron chi connectivity index (χ1n) is 6.11. The Kier molecular flexibility index (Phi) is 5.65. The molecule has 0 aliphatic carbocycles. The average molecular weight is 251 g/mol. The van der Waals surface area contributed by atoms with E-state index in [2.05, 4.69) is 0 Å². The van der Waals surface area contributed by atoms with Crippen LogP contribution in [0.25, 0.3) is 0 Å². The molecule has 0 saturated heterocycles. The molecule has 0 saturated carbocycles. The van der Waals surface area contributed by atoms with Crippen LogP contribution in [0.15, 0.2) is 24.3 Å². The van der Waals surface area contributed by atoms with E-state index in [-0.39, 0.29) is 18.4 Å². The lowest BCUT2D eigenvalue weighted by molar-refractivity contribution is -0.135. The summed E-state index contributed by atoms with van der Waals surface area (Å²) in [6.45, 7) is 4.48. The van der Waals surface area contributed by atoms with Crippen LogP contribution in [0.3, 0.4) is 0 Å². The number of methoxy groups -OCH3 is 1. The maximum absolute atomic E-state index is 12.0. The van der Waals surface area contributed by atoms with E-state index in [1.165, 1.54) is 0 Å². The third-order valence-electron chi connectivity index (χ3n) is 2.73. The molecular formula is C14H21NO3. The molecule has 0 atom stereocenters. The van der Waals surface area contributed by atoms with Gasteiger partial charge in [-0.2, -0.15) is 0 Å². The summed E-state index contributed by atoms with van der Waals surface area (Å²) in [6.07, 6.45) is 0. The topological polar surface area (TPSA) is 49.8 Å². The van der Waals surface area contributed by atoms with Crippen LogP contribution < -0.4 is 4.74 Å². The van der Waals surface area contributed by atoms with E-state index in [9.17, 15) is 4.79 Å². The second-order valence-corrected chi connectivity index (χ2v) is 4.45. The van der Waals surface area contributed by atoms with Crippen LogP contribution in [0, 0.1) is 5.92 Å². The van der Waals surface area contributed by atoms with E-state index >= 15 is 0 Å². The number of ether oxygens (including phenoxy) is 1. The number of hydrogen-bond donors (Lipinski definition) is 1. The van der Waals surface area contributed by atoms with Gasteiger partial charge in [-0.05, 0) is 6.07 Å². The molecule has 100 valence electrons. The summed E-state index contributed by atoms with van der Waals surface area (Å²) in [5, 5.41) is 9.05. The number of aliphatic hydroxyl groups is 1. The summed E-state index contributed by atoms with van der Waals surface area (Å²) in [7, 11) is 1.61. The molecule has 1 amide bonds. The lowest BCUT2D eigenvalue weighted by atomic mass is 10.1.